The largest absolute Gasteiger partial charge is 0.376 e. The lowest BCUT2D eigenvalue weighted by atomic mass is 10.0. The minimum absolute atomic E-state index is 0.291. The summed E-state index contributed by atoms with van der Waals surface area (Å²) in [6.07, 6.45) is 1.63. The first-order valence-corrected chi connectivity index (χ1v) is 5.76. The van der Waals surface area contributed by atoms with Crippen LogP contribution in [0.3, 0.4) is 0 Å². The number of hydrogen-bond donors (Lipinski definition) is 0. The molecule has 0 spiro atoms. The Bertz CT molecular complexity index is 172. The molecule has 0 amide bonds. The monoisotopic (exact) mass is 199 g/mol. The lowest BCUT2D eigenvalue weighted by Gasteiger charge is -2.41. The van der Waals surface area contributed by atoms with Crippen molar-refractivity contribution in [3.05, 3.63) is 0 Å². The van der Waals surface area contributed by atoms with Crippen LogP contribution in [0.4, 0.5) is 0 Å². The minimum Gasteiger partial charge on any atom is -0.376 e. The maximum atomic E-state index is 5.77. The molecular formula is C12H25NO. The Labute approximate surface area is 88.6 Å². The molecule has 1 aliphatic heterocycles. The molecule has 14 heavy (non-hydrogen) atoms. The van der Waals surface area contributed by atoms with Crippen LogP contribution in [-0.2, 0) is 4.74 Å². The molecule has 1 atom stereocenters. The van der Waals surface area contributed by atoms with Crippen LogP contribution in [0.25, 0.3) is 0 Å². The fourth-order valence-corrected chi connectivity index (χ4v) is 2.00. The highest BCUT2D eigenvalue weighted by Crippen LogP contribution is 2.20. The van der Waals surface area contributed by atoms with Crippen molar-refractivity contribution in [1.29, 1.82) is 0 Å². The van der Waals surface area contributed by atoms with Crippen molar-refractivity contribution in [2.75, 3.05) is 19.7 Å². The molecule has 0 unspecified atom stereocenters. The number of hydrogen-bond acceptors (Lipinski definition) is 2. The zero-order valence-corrected chi connectivity index (χ0v) is 10.3. The third-order valence-electron chi connectivity index (χ3n) is 2.82. The first-order chi connectivity index (χ1) is 6.39. The molecule has 0 radical (unpaired) electrons. The average Bonchev–Trinajstić information content (AvgIpc) is 2.01. The molecule has 84 valence electrons. The van der Waals surface area contributed by atoms with Crippen LogP contribution in [-0.4, -0.2) is 36.2 Å². The van der Waals surface area contributed by atoms with E-state index in [0.717, 1.165) is 25.6 Å². The Balaban J connectivity index is 2.44. The number of ether oxygens (including phenoxy) is 1. The smallest absolute Gasteiger partial charge is 0.0705 e. The second-order valence-electron chi connectivity index (χ2n) is 5.74. The molecule has 0 N–H and O–H groups in total. The molecule has 0 aromatic rings. The van der Waals surface area contributed by atoms with Gasteiger partial charge in [0.1, 0.15) is 0 Å². The van der Waals surface area contributed by atoms with Gasteiger partial charge < -0.3 is 4.74 Å². The zero-order chi connectivity index (χ0) is 10.8. The summed E-state index contributed by atoms with van der Waals surface area (Å²) in [5.41, 5.74) is 0.291. The molecule has 1 rings (SSSR count). The van der Waals surface area contributed by atoms with Crippen LogP contribution in [0.2, 0.25) is 0 Å². The van der Waals surface area contributed by atoms with Crippen LogP contribution < -0.4 is 0 Å². The van der Waals surface area contributed by atoms with Crippen molar-refractivity contribution in [1.82, 2.24) is 4.90 Å². The van der Waals surface area contributed by atoms with Gasteiger partial charge in [-0.3, -0.25) is 4.90 Å². The Morgan fingerprint density at radius 1 is 1.36 bits per heavy atom. The van der Waals surface area contributed by atoms with E-state index in [1.165, 1.54) is 6.42 Å². The van der Waals surface area contributed by atoms with Gasteiger partial charge in [-0.1, -0.05) is 13.8 Å². The highest BCUT2D eigenvalue weighted by Gasteiger charge is 2.28. The van der Waals surface area contributed by atoms with Gasteiger partial charge in [0.25, 0.3) is 0 Å². The van der Waals surface area contributed by atoms with Crippen molar-refractivity contribution < 1.29 is 4.74 Å². The zero-order valence-electron chi connectivity index (χ0n) is 10.3. The van der Waals surface area contributed by atoms with Gasteiger partial charge in [-0.2, -0.15) is 0 Å². The predicted molar refractivity (Wildman–Crippen MR) is 60.5 cm³/mol. The third-order valence-corrected chi connectivity index (χ3v) is 2.82. The summed E-state index contributed by atoms with van der Waals surface area (Å²) in [5.74, 6) is 0.736. The maximum absolute atomic E-state index is 5.77. The number of morpholine rings is 1. The topological polar surface area (TPSA) is 12.5 Å². The quantitative estimate of drug-likeness (QED) is 0.677. The fourth-order valence-electron chi connectivity index (χ4n) is 2.00. The molecule has 2 nitrogen and oxygen atoms in total. The first kappa shape index (κ1) is 12.0. The molecule has 0 saturated carbocycles. The van der Waals surface area contributed by atoms with E-state index in [4.69, 9.17) is 4.74 Å². The van der Waals surface area contributed by atoms with E-state index in [9.17, 15) is 0 Å². The van der Waals surface area contributed by atoms with Crippen molar-refractivity contribution >= 4 is 0 Å². The molecular weight excluding hydrogens is 174 g/mol. The van der Waals surface area contributed by atoms with E-state index in [0.29, 0.717) is 11.6 Å². The Kier molecular flexibility index (Phi) is 3.96. The van der Waals surface area contributed by atoms with Gasteiger partial charge in [0, 0.05) is 18.6 Å². The summed E-state index contributed by atoms with van der Waals surface area (Å²) < 4.78 is 5.77. The summed E-state index contributed by atoms with van der Waals surface area (Å²) in [6.45, 7) is 14.5. The molecule has 0 aliphatic carbocycles. The lowest BCUT2D eigenvalue weighted by Crippen LogP contribution is -2.51. The van der Waals surface area contributed by atoms with Gasteiger partial charge in [0.05, 0.1) is 12.7 Å². The van der Waals surface area contributed by atoms with Gasteiger partial charge in [-0.15, -0.1) is 0 Å². The van der Waals surface area contributed by atoms with Gasteiger partial charge in [0.15, 0.2) is 0 Å². The Morgan fingerprint density at radius 3 is 2.50 bits per heavy atom. The van der Waals surface area contributed by atoms with Crippen molar-refractivity contribution in [3.8, 4) is 0 Å². The summed E-state index contributed by atoms with van der Waals surface area (Å²) >= 11 is 0. The number of nitrogens with zero attached hydrogens (tertiary/aromatic N) is 1. The molecule has 1 saturated heterocycles. The van der Waals surface area contributed by atoms with E-state index in [-0.39, 0.29) is 0 Å². The van der Waals surface area contributed by atoms with E-state index in [2.05, 4.69) is 39.5 Å². The molecule has 0 aromatic heterocycles. The molecule has 1 fully saturated rings. The van der Waals surface area contributed by atoms with Crippen LogP contribution in [0.5, 0.6) is 0 Å². The summed E-state index contributed by atoms with van der Waals surface area (Å²) in [6, 6.07) is 0. The van der Waals surface area contributed by atoms with Crippen LogP contribution in [0.1, 0.15) is 41.0 Å². The Hall–Kier alpha value is -0.0800. The van der Waals surface area contributed by atoms with Crippen molar-refractivity contribution in [2.45, 2.75) is 52.7 Å². The second kappa shape index (κ2) is 4.63. The SMILES string of the molecule is CC(C)C[C@H]1CN(C(C)(C)C)CCO1. The Morgan fingerprint density at radius 2 is 2.00 bits per heavy atom. The summed E-state index contributed by atoms with van der Waals surface area (Å²) in [4.78, 5) is 2.53. The van der Waals surface area contributed by atoms with Crippen LogP contribution in [0.15, 0.2) is 0 Å². The van der Waals surface area contributed by atoms with Crippen molar-refractivity contribution in [2.24, 2.45) is 5.92 Å². The van der Waals surface area contributed by atoms with E-state index >= 15 is 0 Å². The molecule has 1 aliphatic rings. The van der Waals surface area contributed by atoms with E-state index < -0.39 is 0 Å². The van der Waals surface area contributed by atoms with Crippen LogP contribution >= 0.6 is 0 Å². The van der Waals surface area contributed by atoms with Gasteiger partial charge in [0.2, 0.25) is 0 Å². The maximum Gasteiger partial charge on any atom is 0.0705 e. The predicted octanol–water partition coefficient (Wildman–Crippen LogP) is 2.53. The van der Waals surface area contributed by atoms with Crippen molar-refractivity contribution in [3.63, 3.8) is 0 Å². The van der Waals surface area contributed by atoms with Gasteiger partial charge in [-0.25, -0.2) is 0 Å². The third kappa shape index (κ3) is 3.58. The lowest BCUT2D eigenvalue weighted by molar-refractivity contribution is -0.0649. The standard InChI is InChI=1S/C12H25NO/c1-10(2)8-11-9-13(6-7-14-11)12(3,4)5/h10-11H,6-9H2,1-5H3/t11-/m0/s1. The first-order valence-electron chi connectivity index (χ1n) is 5.76. The number of rotatable bonds is 2. The van der Waals surface area contributed by atoms with Gasteiger partial charge in [-0.05, 0) is 33.1 Å². The van der Waals surface area contributed by atoms with Gasteiger partial charge >= 0.3 is 0 Å². The average molecular weight is 199 g/mol. The van der Waals surface area contributed by atoms with Crippen LogP contribution in [0, 0.1) is 5.92 Å². The summed E-state index contributed by atoms with van der Waals surface area (Å²) in [5, 5.41) is 0. The van der Waals surface area contributed by atoms with E-state index in [1.54, 1.807) is 0 Å². The second-order valence-corrected chi connectivity index (χ2v) is 5.74. The minimum atomic E-state index is 0.291. The molecule has 1 heterocycles. The summed E-state index contributed by atoms with van der Waals surface area (Å²) in [7, 11) is 0. The normalized spacial score (nSPS) is 25.7. The fraction of sp³-hybridized carbons (Fsp3) is 1.00. The highest BCUT2D eigenvalue weighted by atomic mass is 16.5. The highest BCUT2D eigenvalue weighted by molar-refractivity contribution is 4.82. The molecule has 0 bridgehead atoms. The molecule has 0 aromatic carbocycles. The van der Waals surface area contributed by atoms with E-state index in [1.807, 2.05) is 0 Å². The molecule has 2 heteroatoms.